The summed E-state index contributed by atoms with van der Waals surface area (Å²) in [6.07, 6.45) is 1.50. The van der Waals surface area contributed by atoms with Crippen LogP contribution < -0.4 is 4.74 Å². The lowest BCUT2D eigenvalue weighted by Gasteiger charge is -2.06. The average molecular weight is 230 g/mol. The van der Waals surface area contributed by atoms with Crippen LogP contribution in [0.15, 0.2) is 12.1 Å². The number of carbonyl (C=O) groups excluding carboxylic acids is 2. The molecule has 0 aliphatic carbocycles. The van der Waals surface area contributed by atoms with Crippen molar-refractivity contribution < 1.29 is 18.7 Å². The molecular weight excluding hydrogens is 223 g/mol. The summed E-state index contributed by atoms with van der Waals surface area (Å²) in [4.78, 5) is 20.9. The molecule has 0 bridgehead atoms. The number of hydrogen-bond acceptors (Lipinski definition) is 3. The molecule has 0 aromatic heterocycles. The number of ether oxygens (including phenoxy) is 1. The van der Waals surface area contributed by atoms with Crippen molar-refractivity contribution in [2.45, 2.75) is 6.92 Å². The second-order valence-corrected chi connectivity index (χ2v) is 3.16. The molecule has 0 saturated carbocycles. The normalized spacial score (nSPS) is 9.80. The topological polar surface area (TPSA) is 43.4 Å². The predicted molar refractivity (Wildman–Crippen MR) is 52.6 cm³/mol. The minimum absolute atomic E-state index is 0.00718. The van der Waals surface area contributed by atoms with E-state index in [1.54, 1.807) is 0 Å². The largest absolute Gasteiger partial charge is 0.484 e. The van der Waals surface area contributed by atoms with E-state index in [9.17, 15) is 14.0 Å². The van der Waals surface area contributed by atoms with Crippen LogP contribution in [0.25, 0.3) is 0 Å². The minimum Gasteiger partial charge on any atom is -0.484 e. The highest BCUT2D eigenvalue weighted by molar-refractivity contribution is 6.32. The standard InChI is InChI=1S/C10H7ClFO3/c1-6(14)7-4-10(15-3-2-13)8(11)5-9(7)12/h4-5H,3H2,1H3. The van der Waals surface area contributed by atoms with Gasteiger partial charge in [0.15, 0.2) is 12.4 Å². The lowest BCUT2D eigenvalue weighted by Crippen LogP contribution is -2.02. The number of halogens is 2. The van der Waals surface area contributed by atoms with Gasteiger partial charge in [0.05, 0.1) is 10.6 Å². The van der Waals surface area contributed by atoms with Gasteiger partial charge in [0.25, 0.3) is 0 Å². The Bertz CT molecular complexity index is 404. The zero-order valence-corrected chi connectivity index (χ0v) is 8.60. The number of carbonyl (C=O) groups is 1. The zero-order chi connectivity index (χ0) is 11.4. The van der Waals surface area contributed by atoms with Gasteiger partial charge in [-0.2, -0.15) is 0 Å². The Kier molecular flexibility index (Phi) is 3.80. The van der Waals surface area contributed by atoms with E-state index < -0.39 is 11.6 Å². The van der Waals surface area contributed by atoms with Gasteiger partial charge in [0, 0.05) is 0 Å². The average Bonchev–Trinajstić information content (AvgIpc) is 2.16. The third-order valence-electron chi connectivity index (χ3n) is 1.69. The van der Waals surface area contributed by atoms with Gasteiger partial charge in [-0.15, -0.1) is 0 Å². The highest BCUT2D eigenvalue weighted by Crippen LogP contribution is 2.27. The number of Topliss-reactive ketones (excluding diaryl/α,β-unsaturated/α-hetero) is 1. The first-order valence-electron chi connectivity index (χ1n) is 4.04. The lowest BCUT2D eigenvalue weighted by molar-refractivity contribution is 0.101. The molecule has 79 valence electrons. The van der Waals surface area contributed by atoms with Gasteiger partial charge in [-0.3, -0.25) is 9.59 Å². The lowest BCUT2D eigenvalue weighted by atomic mass is 10.1. The molecule has 0 atom stereocenters. The molecule has 0 fully saturated rings. The summed E-state index contributed by atoms with van der Waals surface area (Å²) in [6, 6.07) is 2.13. The maximum absolute atomic E-state index is 13.2. The van der Waals surface area contributed by atoms with Crippen LogP contribution in [0.5, 0.6) is 5.75 Å². The molecular formula is C10H7ClFO3. The van der Waals surface area contributed by atoms with Gasteiger partial charge < -0.3 is 4.74 Å². The number of benzene rings is 1. The summed E-state index contributed by atoms with van der Waals surface area (Å²) in [5.74, 6) is -1.06. The molecule has 1 rings (SSSR count). The van der Waals surface area contributed by atoms with Gasteiger partial charge in [-0.05, 0) is 19.1 Å². The van der Waals surface area contributed by atoms with Gasteiger partial charge in [0.2, 0.25) is 6.29 Å². The number of ketones is 1. The molecule has 1 aromatic rings. The Labute approximate surface area is 90.8 Å². The SMILES string of the molecule is CC(=O)c1cc(OC[C]=O)c(Cl)cc1F. The molecule has 0 heterocycles. The van der Waals surface area contributed by atoms with E-state index in [1.165, 1.54) is 13.2 Å². The van der Waals surface area contributed by atoms with Crippen LogP contribution in [-0.4, -0.2) is 18.7 Å². The summed E-state index contributed by atoms with van der Waals surface area (Å²) in [5.41, 5.74) is -0.125. The molecule has 0 aliphatic heterocycles. The van der Waals surface area contributed by atoms with Gasteiger partial charge in [0.1, 0.15) is 11.6 Å². The van der Waals surface area contributed by atoms with Crippen LogP contribution in [0.2, 0.25) is 5.02 Å². The fourth-order valence-electron chi connectivity index (χ4n) is 1.02. The van der Waals surface area contributed by atoms with E-state index in [0.717, 1.165) is 12.1 Å². The van der Waals surface area contributed by atoms with Crippen LogP contribution in [0.3, 0.4) is 0 Å². The van der Waals surface area contributed by atoms with Crippen molar-refractivity contribution in [3.05, 3.63) is 28.5 Å². The molecule has 0 aliphatic rings. The van der Waals surface area contributed by atoms with Crippen LogP contribution >= 0.6 is 11.6 Å². The minimum atomic E-state index is -0.713. The van der Waals surface area contributed by atoms with E-state index >= 15 is 0 Å². The van der Waals surface area contributed by atoms with Crippen molar-refractivity contribution in [1.82, 2.24) is 0 Å². The monoisotopic (exact) mass is 229 g/mol. The molecule has 5 heteroatoms. The second-order valence-electron chi connectivity index (χ2n) is 2.75. The molecule has 1 aromatic carbocycles. The quantitative estimate of drug-likeness (QED) is 0.744. The molecule has 0 amide bonds. The summed E-state index contributed by atoms with van der Waals surface area (Å²) < 4.78 is 18.0. The van der Waals surface area contributed by atoms with Crippen LogP contribution in [0.1, 0.15) is 17.3 Å². The highest BCUT2D eigenvalue weighted by Gasteiger charge is 2.12. The summed E-state index contributed by atoms with van der Waals surface area (Å²) in [7, 11) is 0. The predicted octanol–water partition coefficient (Wildman–Crippen LogP) is 2.17. The molecule has 15 heavy (non-hydrogen) atoms. The first-order chi connectivity index (χ1) is 7.06. The maximum atomic E-state index is 13.2. The summed E-state index contributed by atoms with van der Waals surface area (Å²) in [6.45, 7) is 0.907. The molecule has 3 nitrogen and oxygen atoms in total. The van der Waals surface area contributed by atoms with Crippen molar-refractivity contribution in [1.29, 1.82) is 0 Å². The van der Waals surface area contributed by atoms with E-state index in [4.69, 9.17) is 16.3 Å². The smallest absolute Gasteiger partial charge is 0.239 e. The molecule has 1 radical (unpaired) electrons. The zero-order valence-electron chi connectivity index (χ0n) is 7.84. The second kappa shape index (κ2) is 4.89. The van der Waals surface area contributed by atoms with Crippen molar-refractivity contribution in [2.24, 2.45) is 0 Å². The summed E-state index contributed by atoms with van der Waals surface area (Å²) >= 11 is 5.64. The van der Waals surface area contributed by atoms with Gasteiger partial charge in [-0.1, -0.05) is 11.6 Å². The molecule has 0 saturated heterocycles. The molecule has 0 spiro atoms. The Balaban J connectivity index is 3.11. The van der Waals surface area contributed by atoms with E-state index in [0.29, 0.717) is 0 Å². The van der Waals surface area contributed by atoms with E-state index in [2.05, 4.69) is 0 Å². The fraction of sp³-hybridized carbons (Fsp3) is 0.200. The van der Waals surface area contributed by atoms with Crippen LogP contribution in [-0.2, 0) is 4.79 Å². The Hall–Kier alpha value is -1.42. The fourth-order valence-corrected chi connectivity index (χ4v) is 1.22. The summed E-state index contributed by atoms with van der Waals surface area (Å²) in [5, 5.41) is 0.00718. The van der Waals surface area contributed by atoms with E-state index in [1.807, 2.05) is 0 Å². The van der Waals surface area contributed by atoms with Crippen LogP contribution in [0, 0.1) is 5.82 Å². The van der Waals surface area contributed by atoms with E-state index in [-0.39, 0.29) is 22.9 Å². The maximum Gasteiger partial charge on any atom is 0.239 e. The van der Waals surface area contributed by atoms with Gasteiger partial charge >= 0.3 is 0 Å². The number of hydrogen-bond donors (Lipinski definition) is 0. The Morgan fingerprint density at radius 1 is 1.60 bits per heavy atom. The van der Waals surface area contributed by atoms with Crippen molar-refractivity contribution in [3.8, 4) is 5.75 Å². The highest BCUT2D eigenvalue weighted by atomic mass is 35.5. The van der Waals surface area contributed by atoms with Crippen molar-refractivity contribution in [3.63, 3.8) is 0 Å². The molecule has 0 N–H and O–H groups in total. The number of rotatable bonds is 4. The third-order valence-corrected chi connectivity index (χ3v) is 1.98. The first-order valence-corrected chi connectivity index (χ1v) is 4.42. The van der Waals surface area contributed by atoms with Crippen LogP contribution in [0.4, 0.5) is 4.39 Å². The van der Waals surface area contributed by atoms with Crippen molar-refractivity contribution >= 4 is 23.7 Å². The third kappa shape index (κ3) is 2.76. The van der Waals surface area contributed by atoms with Gasteiger partial charge in [-0.25, -0.2) is 4.39 Å². The Morgan fingerprint density at radius 2 is 2.27 bits per heavy atom. The van der Waals surface area contributed by atoms with Crippen molar-refractivity contribution in [2.75, 3.05) is 6.61 Å². The molecule has 0 unspecified atom stereocenters. The first kappa shape index (κ1) is 11.7. The Morgan fingerprint density at radius 3 is 2.80 bits per heavy atom.